The number of aliphatic imine (C=N–C) groups is 1. The lowest BCUT2D eigenvalue weighted by Gasteiger charge is -2.18. The topological polar surface area (TPSA) is 41.5 Å². The molecule has 0 radical (unpaired) electrons. The molecule has 0 amide bonds. The van der Waals surface area contributed by atoms with E-state index < -0.39 is 0 Å². The zero-order valence-corrected chi connectivity index (χ0v) is 16.8. The normalized spacial score (nSPS) is 16.8. The van der Waals surface area contributed by atoms with Crippen molar-refractivity contribution >= 4 is 11.5 Å². The lowest BCUT2D eigenvalue weighted by Crippen LogP contribution is -2.15. The molecular formula is C22H36N2O. The lowest BCUT2D eigenvalue weighted by molar-refractivity contribution is -0.120. The van der Waals surface area contributed by atoms with Crippen molar-refractivity contribution in [1.82, 2.24) is 5.32 Å². The molecule has 1 saturated carbocycles. The van der Waals surface area contributed by atoms with Crippen LogP contribution < -0.4 is 5.32 Å². The highest BCUT2D eigenvalue weighted by molar-refractivity contribution is 5.98. The summed E-state index contributed by atoms with van der Waals surface area (Å²) in [4.78, 5) is 16.9. The molecule has 1 rings (SSSR count). The van der Waals surface area contributed by atoms with Gasteiger partial charge < -0.3 is 5.32 Å². The van der Waals surface area contributed by atoms with E-state index in [1.807, 2.05) is 20.0 Å². The average Bonchev–Trinajstić information content (AvgIpc) is 3.39. The number of rotatable bonds is 12. The van der Waals surface area contributed by atoms with Crippen LogP contribution in [0.2, 0.25) is 0 Å². The first-order valence-electron chi connectivity index (χ1n) is 9.70. The number of ketones is 1. The van der Waals surface area contributed by atoms with E-state index in [0.717, 1.165) is 62.1 Å². The molecule has 140 valence electrons. The maximum Gasteiger partial charge on any atom is 0.135 e. The number of nitrogens with one attached hydrogen (secondary N) is 1. The Morgan fingerprint density at radius 1 is 1.28 bits per heavy atom. The quantitative estimate of drug-likeness (QED) is 0.370. The Balaban J connectivity index is 2.92. The molecule has 0 saturated heterocycles. The highest BCUT2D eigenvalue weighted by atomic mass is 16.1. The summed E-state index contributed by atoms with van der Waals surface area (Å²) in [7, 11) is 1.89. The molecule has 0 heterocycles. The molecule has 1 N–H and O–H groups in total. The van der Waals surface area contributed by atoms with Gasteiger partial charge in [0.25, 0.3) is 0 Å². The Morgan fingerprint density at radius 3 is 2.44 bits per heavy atom. The fourth-order valence-corrected chi connectivity index (χ4v) is 3.14. The minimum Gasteiger partial charge on any atom is -0.387 e. The third-order valence-corrected chi connectivity index (χ3v) is 4.66. The molecule has 0 bridgehead atoms. The summed E-state index contributed by atoms with van der Waals surface area (Å²) in [6.07, 6.45) is 11.2. The van der Waals surface area contributed by atoms with Gasteiger partial charge in [0.2, 0.25) is 0 Å². The number of allylic oxidation sites excluding steroid dienone is 4. The van der Waals surface area contributed by atoms with Crippen LogP contribution in [0.1, 0.15) is 72.6 Å². The predicted octanol–water partition coefficient (Wildman–Crippen LogP) is 5.60. The zero-order valence-electron chi connectivity index (χ0n) is 16.8. The molecule has 1 unspecified atom stereocenters. The van der Waals surface area contributed by atoms with Gasteiger partial charge in [-0.05, 0) is 65.0 Å². The third-order valence-electron chi connectivity index (χ3n) is 4.66. The summed E-state index contributed by atoms with van der Waals surface area (Å²) in [6.45, 7) is 12.3. The summed E-state index contributed by atoms with van der Waals surface area (Å²) in [5.74, 6) is 1.26. The van der Waals surface area contributed by atoms with E-state index in [-0.39, 0.29) is 0 Å². The molecule has 1 aliphatic carbocycles. The molecule has 0 aromatic carbocycles. The SMILES string of the molecule is C=C/C(NC)=C(\C)N=C(C=C(C)C)C(CCC)CCCC(=O)C1CC1. The average molecular weight is 345 g/mol. The van der Waals surface area contributed by atoms with Gasteiger partial charge in [0.05, 0.1) is 11.4 Å². The van der Waals surface area contributed by atoms with Crippen molar-refractivity contribution in [3.05, 3.63) is 35.7 Å². The number of likely N-dealkylation sites (N-methyl/N-ethyl adjacent to an activating group) is 1. The van der Waals surface area contributed by atoms with Gasteiger partial charge in [-0.25, -0.2) is 0 Å². The minimum absolute atomic E-state index is 0.381. The van der Waals surface area contributed by atoms with Gasteiger partial charge in [-0.3, -0.25) is 9.79 Å². The van der Waals surface area contributed by atoms with E-state index in [2.05, 4.69) is 38.7 Å². The van der Waals surface area contributed by atoms with Gasteiger partial charge in [-0.1, -0.05) is 25.5 Å². The number of hydrogen-bond acceptors (Lipinski definition) is 3. The summed E-state index contributed by atoms with van der Waals surface area (Å²) in [5, 5.41) is 3.15. The van der Waals surface area contributed by atoms with Gasteiger partial charge in [-0.15, -0.1) is 0 Å². The summed E-state index contributed by atoms with van der Waals surface area (Å²) >= 11 is 0. The van der Waals surface area contributed by atoms with Crippen molar-refractivity contribution in [3.8, 4) is 0 Å². The van der Waals surface area contributed by atoms with E-state index in [1.54, 1.807) is 0 Å². The third kappa shape index (κ3) is 7.85. The lowest BCUT2D eigenvalue weighted by atomic mass is 9.90. The fraction of sp³-hybridized carbons (Fsp3) is 0.636. The molecule has 0 aliphatic heterocycles. The first-order valence-corrected chi connectivity index (χ1v) is 9.70. The Labute approximate surface area is 154 Å². The van der Waals surface area contributed by atoms with Gasteiger partial charge in [-0.2, -0.15) is 0 Å². The number of nitrogens with zero attached hydrogens (tertiary/aromatic N) is 1. The summed E-state index contributed by atoms with van der Waals surface area (Å²) in [5.41, 5.74) is 4.30. The molecule has 25 heavy (non-hydrogen) atoms. The second-order valence-electron chi connectivity index (χ2n) is 7.33. The summed E-state index contributed by atoms with van der Waals surface area (Å²) in [6, 6.07) is 0. The summed E-state index contributed by atoms with van der Waals surface area (Å²) < 4.78 is 0. The minimum atomic E-state index is 0.381. The molecular weight excluding hydrogens is 308 g/mol. The largest absolute Gasteiger partial charge is 0.387 e. The molecule has 0 spiro atoms. The van der Waals surface area contributed by atoms with Crippen molar-refractivity contribution in [1.29, 1.82) is 0 Å². The molecule has 0 aromatic rings. The van der Waals surface area contributed by atoms with Gasteiger partial charge >= 0.3 is 0 Å². The smallest absolute Gasteiger partial charge is 0.135 e. The van der Waals surface area contributed by atoms with E-state index in [9.17, 15) is 4.79 Å². The Morgan fingerprint density at radius 2 is 1.96 bits per heavy atom. The maximum absolute atomic E-state index is 12.0. The van der Waals surface area contributed by atoms with Crippen LogP contribution in [-0.4, -0.2) is 18.5 Å². The number of carbonyl (C=O) groups is 1. The zero-order chi connectivity index (χ0) is 18.8. The van der Waals surface area contributed by atoms with Crippen LogP contribution in [0, 0.1) is 11.8 Å². The van der Waals surface area contributed by atoms with Crippen molar-refractivity contribution < 1.29 is 4.79 Å². The van der Waals surface area contributed by atoms with Crippen LogP contribution in [-0.2, 0) is 4.79 Å². The van der Waals surface area contributed by atoms with Crippen molar-refractivity contribution in [2.24, 2.45) is 16.8 Å². The molecule has 0 aromatic heterocycles. The highest BCUT2D eigenvalue weighted by Crippen LogP contribution is 2.32. The Hall–Kier alpha value is -1.64. The molecule has 3 nitrogen and oxygen atoms in total. The fourth-order valence-electron chi connectivity index (χ4n) is 3.14. The highest BCUT2D eigenvalue weighted by Gasteiger charge is 2.28. The van der Waals surface area contributed by atoms with Crippen LogP contribution in [0.25, 0.3) is 0 Å². The molecule has 1 fully saturated rings. The maximum atomic E-state index is 12.0. The van der Waals surface area contributed by atoms with Crippen LogP contribution in [0.15, 0.2) is 40.7 Å². The van der Waals surface area contributed by atoms with E-state index in [4.69, 9.17) is 4.99 Å². The van der Waals surface area contributed by atoms with E-state index in [0.29, 0.717) is 17.6 Å². The number of Topliss-reactive ketones (excluding diaryl/α,β-unsaturated/α-hetero) is 1. The van der Waals surface area contributed by atoms with Gasteiger partial charge in [0.1, 0.15) is 5.78 Å². The Kier molecular flexibility index (Phi) is 9.48. The van der Waals surface area contributed by atoms with E-state index >= 15 is 0 Å². The molecule has 3 heteroatoms. The van der Waals surface area contributed by atoms with Crippen LogP contribution in [0.3, 0.4) is 0 Å². The van der Waals surface area contributed by atoms with Crippen molar-refractivity contribution in [3.63, 3.8) is 0 Å². The molecule has 1 atom stereocenters. The van der Waals surface area contributed by atoms with Gasteiger partial charge in [0, 0.05) is 31.0 Å². The Bertz CT molecular complexity index is 546. The number of hydrogen-bond donors (Lipinski definition) is 1. The predicted molar refractivity (Wildman–Crippen MR) is 109 cm³/mol. The molecule has 1 aliphatic rings. The van der Waals surface area contributed by atoms with Crippen molar-refractivity contribution in [2.75, 3.05) is 7.05 Å². The van der Waals surface area contributed by atoms with Crippen LogP contribution >= 0.6 is 0 Å². The van der Waals surface area contributed by atoms with Crippen LogP contribution in [0.5, 0.6) is 0 Å². The van der Waals surface area contributed by atoms with E-state index in [1.165, 1.54) is 5.57 Å². The second kappa shape index (κ2) is 11.1. The standard InChI is InChI=1S/C22H36N2O/c1-7-10-18(11-9-12-22(25)19-13-14-19)21(15-16(3)4)24-17(5)20(8-2)23-6/h8,15,18-19,23H,2,7,9-14H2,1,3-6H3/b20-17-,24-21?. The first kappa shape index (κ1) is 21.4. The van der Waals surface area contributed by atoms with Gasteiger partial charge in [0.15, 0.2) is 0 Å². The van der Waals surface area contributed by atoms with Crippen molar-refractivity contribution in [2.45, 2.75) is 72.6 Å². The first-order chi connectivity index (χ1) is 11.9. The number of carbonyl (C=O) groups excluding carboxylic acids is 1. The monoisotopic (exact) mass is 344 g/mol. The van der Waals surface area contributed by atoms with Crippen LogP contribution in [0.4, 0.5) is 0 Å². The second-order valence-corrected chi connectivity index (χ2v) is 7.33.